The van der Waals surface area contributed by atoms with Gasteiger partial charge in [0.1, 0.15) is 0 Å². The SMILES string of the molecule is O=C(c1ccc(-n2cccn2)cc1)N1CCC[C@@H](c2nc3ccccc3s2)C1. The van der Waals surface area contributed by atoms with E-state index in [0.29, 0.717) is 5.92 Å². The highest BCUT2D eigenvalue weighted by Gasteiger charge is 2.27. The van der Waals surface area contributed by atoms with Crippen LogP contribution in [0.5, 0.6) is 0 Å². The maximum absolute atomic E-state index is 13.0. The Bertz CT molecular complexity index is 1070. The molecule has 28 heavy (non-hydrogen) atoms. The van der Waals surface area contributed by atoms with Gasteiger partial charge >= 0.3 is 0 Å². The van der Waals surface area contributed by atoms with Crippen LogP contribution in [0.3, 0.4) is 0 Å². The molecule has 0 saturated carbocycles. The highest BCUT2D eigenvalue weighted by molar-refractivity contribution is 7.18. The van der Waals surface area contributed by atoms with Crippen molar-refractivity contribution in [2.24, 2.45) is 0 Å². The third kappa shape index (κ3) is 3.20. The van der Waals surface area contributed by atoms with Crippen LogP contribution in [0.15, 0.2) is 67.0 Å². The molecule has 1 atom stereocenters. The van der Waals surface area contributed by atoms with Crippen molar-refractivity contribution in [2.45, 2.75) is 18.8 Å². The topological polar surface area (TPSA) is 51.0 Å². The number of piperidine rings is 1. The Kier molecular flexibility index (Phi) is 4.41. The normalized spacial score (nSPS) is 17.1. The van der Waals surface area contributed by atoms with Crippen LogP contribution in [0.25, 0.3) is 15.9 Å². The molecule has 2 aromatic heterocycles. The average molecular weight is 388 g/mol. The zero-order valence-corrected chi connectivity index (χ0v) is 16.2. The van der Waals surface area contributed by atoms with Crippen LogP contribution in [-0.4, -0.2) is 38.7 Å². The van der Waals surface area contributed by atoms with E-state index in [1.54, 1.807) is 22.2 Å². The van der Waals surface area contributed by atoms with Gasteiger partial charge in [-0.05, 0) is 55.3 Å². The third-order valence-electron chi connectivity index (χ3n) is 5.25. The summed E-state index contributed by atoms with van der Waals surface area (Å²) in [6.45, 7) is 1.54. The number of likely N-dealkylation sites (tertiary alicyclic amines) is 1. The summed E-state index contributed by atoms with van der Waals surface area (Å²) in [6.07, 6.45) is 5.73. The lowest BCUT2D eigenvalue weighted by Gasteiger charge is -2.32. The largest absolute Gasteiger partial charge is 0.338 e. The molecule has 4 aromatic rings. The van der Waals surface area contributed by atoms with Crippen LogP contribution in [0.2, 0.25) is 0 Å². The molecule has 1 saturated heterocycles. The molecular weight excluding hydrogens is 368 g/mol. The first-order valence-electron chi connectivity index (χ1n) is 9.53. The summed E-state index contributed by atoms with van der Waals surface area (Å²) in [5, 5.41) is 5.37. The van der Waals surface area contributed by atoms with E-state index in [1.807, 2.05) is 53.6 Å². The van der Waals surface area contributed by atoms with Crippen molar-refractivity contribution < 1.29 is 4.79 Å². The number of carbonyl (C=O) groups excluding carboxylic acids is 1. The van der Waals surface area contributed by atoms with Gasteiger partial charge < -0.3 is 4.90 Å². The summed E-state index contributed by atoms with van der Waals surface area (Å²) in [4.78, 5) is 19.8. The number of amides is 1. The molecule has 0 N–H and O–H groups in total. The Morgan fingerprint density at radius 2 is 1.93 bits per heavy atom. The summed E-state index contributed by atoms with van der Waals surface area (Å²) >= 11 is 1.76. The quantitative estimate of drug-likeness (QED) is 0.519. The number of carbonyl (C=O) groups is 1. The first-order chi connectivity index (χ1) is 13.8. The van der Waals surface area contributed by atoms with E-state index in [0.717, 1.165) is 47.7 Å². The average Bonchev–Trinajstić information content (AvgIpc) is 3.43. The predicted octanol–water partition coefficient (Wildman–Crippen LogP) is 4.50. The Balaban J connectivity index is 1.33. The molecule has 0 unspecified atom stereocenters. The summed E-state index contributed by atoms with van der Waals surface area (Å²) in [7, 11) is 0. The van der Waals surface area contributed by atoms with E-state index in [1.165, 1.54) is 4.70 Å². The number of hydrogen-bond donors (Lipinski definition) is 0. The standard InChI is InChI=1S/C22H20N4OS/c27-22(16-8-10-18(11-9-16)26-14-4-12-23-26)25-13-3-5-17(15-25)21-24-19-6-1-2-7-20(19)28-21/h1-2,4,6-12,14,17H,3,5,13,15H2/t17-/m1/s1. The molecule has 0 spiro atoms. The zero-order chi connectivity index (χ0) is 18.9. The highest BCUT2D eigenvalue weighted by Crippen LogP contribution is 2.33. The van der Waals surface area contributed by atoms with Gasteiger partial charge in [0, 0.05) is 37.0 Å². The van der Waals surface area contributed by atoms with Crippen LogP contribution in [0.4, 0.5) is 0 Å². The van der Waals surface area contributed by atoms with Crippen molar-refractivity contribution in [3.05, 3.63) is 77.6 Å². The lowest BCUT2D eigenvalue weighted by atomic mass is 9.98. The summed E-state index contributed by atoms with van der Waals surface area (Å²) in [6, 6.07) is 17.8. The van der Waals surface area contributed by atoms with Gasteiger partial charge in [0.25, 0.3) is 5.91 Å². The summed E-state index contributed by atoms with van der Waals surface area (Å²) in [5.41, 5.74) is 2.73. The van der Waals surface area contributed by atoms with Crippen LogP contribution < -0.4 is 0 Å². The molecule has 140 valence electrons. The molecule has 2 aromatic carbocycles. The van der Waals surface area contributed by atoms with E-state index in [-0.39, 0.29) is 5.91 Å². The Hall–Kier alpha value is -2.99. The van der Waals surface area contributed by atoms with Gasteiger partial charge in [-0.15, -0.1) is 11.3 Å². The number of nitrogens with zero attached hydrogens (tertiary/aromatic N) is 4. The van der Waals surface area contributed by atoms with Gasteiger partial charge in [0.05, 0.1) is 20.9 Å². The monoisotopic (exact) mass is 388 g/mol. The van der Waals surface area contributed by atoms with Gasteiger partial charge in [-0.3, -0.25) is 4.79 Å². The zero-order valence-electron chi connectivity index (χ0n) is 15.4. The minimum Gasteiger partial charge on any atom is -0.338 e. The summed E-state index contributed by atoms with van der Waals surface area (Å²) in [5.74, 6) is 0.413. The molecule has 1 fully saturated rings. The lowest BCUT2D eigenvalue weighted by molar-refractivity contribution is 0.0707. The Morgan fingerprint density at radius 1 is 1.07 bits per heavy atom. The minimum atomic E-state index is 0.0952. The lowest BCUT2D eigenvalue weighted by Crippen LogP contribution is -2.39. The van der Waals surface area contributed by atoms with Gasteiger partial charge in [-0.2, -0.15) is 5.10 Å². The van der Waals surface area contributed by atoms with Gasteiger partial charge in [-0.1, -0.05) is 12.1 Å². The number of hydrogen-bond acceptors (Lipinski definition) is 4. The number of rotatable bonds is 3. The fourth-order valence-corrected chi connectivity index (χ4v) is 4.88. The first-order valence-corrected chi connectivity index (χ1v) is 10.3. The second-order valence-corrected chi connectivity index (χ2v) is 8.17. The van der Waals surface area contributed by atoms with Gasteiger partial charge in [0.2, 0.25) is 0 Å². The molecule has 0 radical (unpaired) electrons. The number of aromatic nitrogens is 3. The van der Waals surface area contributed by atoms with Crippen LogP contribution >= 0.6 is 11.3 Å². The fraction of sp³-hybridized carbons (Fsp3) is 0.227. The molecule has 0 bridgehead atoms. The third-order valence-corrected chi connectivity index (χ3v) is 6.45. The van der Waals surface area contributed by atoms with E-state index < -0.39 is 0 Å². The van der Waals surface area contributed by atoms with Crippen molar-refractivity contribution in [1.82, 2.24) is 19.7 Å². The number of fused-ring (bicyclic) bond motifs is 1. The predicted molar refractivity (Wildman–Crippen MR) is 111 cm³/mol. The molecule has 6 heteroatoms. The fourth-order valence-electron chi connectivity index (χ4n) is 3.79. The van der Waals surface area contributed by atoms with Crippen LogP contribution in [-0.2, 0) is 0 Å². The van der Waals surface area contributed by atoms with E-state index in [2.05, 4.69) is 17.2 Å². The highest BCUT2D eigenvalue weighted by atomic mass is 32.1. The second kappa shape index (κ2) is 7.20. The van der Waals surface area contributed by atoms with E-state index in [4.69, 9.17) is 4.98 Å². The maximum atomic E-state index is 13.0. The molecule has 5 nitrogen and oxygen atoms in total. The molecule has 1 amide bonds. The van der Waals surface area contributed by atoms with Crippen molar-refractivity contribution in [1.29, 1.82) is 0 Å². The van der Waals surface area contributed by atoms with Crippen LogP contribution in [0.1, 0.15) is 34.1 Å². The van der Waals surface area contributed by atoms with Crippen molar-refractivity contribution in [3.63, 3.8) is 0 Å². The van der Waals surface area contributed by atoms with Gasteiger partial charge in [0.15, 0.2) is 0 Å². The van der Waals surface area contributed by atoms with Crippen molar-refractivity contribution in [2.75, 3.05) is 13.1 Å². The van der Waals surface area contributed by atoms with Crippen molar-refractivity contribution in [3.8, 4) is 5.69 Å². The Morgan fingerprint density at radius 3 is 2.71 bits per heavy atom. The molecule has 1 aliphatic rings. The second-order valence-electron chi connectivity index (χ2n) is 7.11. The molecule has 5 rings (SSSR count). The Labute approximate surface area is 167 Å². The van der Waals surface area contributed by atoms with E-state index in [9.17, 15) is 4.79 Å². The number of thiazole rings is 1. The molecule has 1 aliphatic heterocycles. The maximum Gasteiger partial charge on any atom is 0.253 e. The van der Waals surface area contributed by atoms with E-state index >= 15 is 0 Å². The van der Waals surface area contributed by atoms with Crippen molar-refractivity contribution >= 4 is 27.5 Å². The van der Waals surface area contributed by atoms with Crippen LogP contribution in [0, 0.1) is 0 Å². The molecule has 0 aliphatic carbocycles. The minimum absolute atomic E-state index is 0.0952. The first kappa shape index (κ1) is 17.1. The van der Waals surface area contributed by atoms with Gasteiger partial charge in [-0.25, -0.2) is 9.67 Å². The number of para-hydroxylation sites is 1. The molecule has 3 heterocycles. The number of benzene rings is 2. The summed E-state index contributed by atoms with van der Waals surface area (Å²) < 4.78 is 3.01. The smallest absolute Gasteiger partial charge is 0.253 e. The molecular formula is C22H20N4OS.